The van der Waals surface area contributed by atoms with Crippen molar-refractivity contribution in [2.24, 2.45) is 4.99 Å². The third kappa shape index (κ3) is 13.6. The van der Waals surface area contributed by atoms with Gasteiger partial charge in [0.2, 0.25) is 0 Å². The molecule has 2 aromatic rings. The van der Waals surface area contributed by atoms with Crippen molar-refractivity contribution in [2.45, 2.75) is 123 Å². The number of aryl methyl sites for hydroxylation is 1. The first-order valence-electron chi connectivity index (χ1n) is 17.4. The van der Waals surface area contributed by atoms with Crippen molar-refractivity contribution in [1.29, 1.82) is 0 Å². The molecule has 1 aliphatic heterocycles. The molecule has 2 N–H and O–H groups in total. The Labute approximate surface area is 271 Å². The van der Waals surface area contributed by atoms with Gasteiger partial charge in [-0.1, -0.05) is 115 Å². The van der Waals surface area contributed by atoms with Gasteiger partial charge >= 0.3 is 5.97 Å². The van der Waals surface area contributed by atoms with Crippen LogP contribution in [0.1, 0.15) is 127 Å². The molecule has 2 heterocycles. The minimum Gasteiger partial charge on any atom is -0.450 e. The van der Waals surface area contributed by atoms with E-state index in [2.05, 4.69) is 48.1 Å². The highest BCUT2D eigenvalue weighted by Gasteiger charge is 2.23. The molecule has 0 radical (unpaired) electrons. The summed E-state index contributed by atoms with van der Waals surface area (Å²) in [4.78, 5) is 20.9. The number of carbonyl (C=O) groups excluding carboxylic acids is 1. The molecule has 0 saturated carbocycles. The third-order valence-electron chi connectivity index (χ3n) is 8.26. The van der Waals surface area contributed by atoms with Gasteiger partial charge in [0.05, 0.1) is 16.9 Å². The van der Waals surface area contributed by atoms with Gasteiger partial charge in [-0.3, -0.25) is 10.1 Å². The minimum absolute atomic E-state index is 0.107. The van der Waals surface area contributed by atoms with Crippen LogP contribution in [0.3, 0.4) is 0 Å². The highest BCUT2D eigenvalue weighted by atomic mass is 32.1. The first-order chi connectivity index (χ1) is 21.6. The summed E-state index contributed by atoms with van der Waals surface area (Å²) in [5.41, 5.74) is 3.09. The van der Waals surface area contributed by atoms with Crippen LogP contribution >= 0.6 is 11.3 Å². The Bertz CT molecular complexity index is 1130. The molecule has 1 aromatic carbocycles. The van der Waals surface area contributed by atoms with E-state index >= 15 is 0 Å². The summed E-state index contributed by atoms with van der Waals surface area (Å²) in [7, 11) is 0. The van der Waals surface area contributed by atoms with Gasteiger partial charge < -0.3 is 15.0 Å². The zero-order chi connectivity index (χ0) is 31.2. The number of anilines is 2. The maximum Gasteiger partial charge on any atom is 0.307 e. The second-order valence-electron chi connectivity index (χ2n) is 12.1. The summed E-state index contributed by atoms with van der Waals surface area (Å²) in [6.07, 6.45) is 23.2. The minimum atomic E-state index is -0.107. The first-order valence-corrected chi connectivity index (χ1v) is 18.2. The fourth-order valence-electron chi connectivity index (χ4n) is 5.69. The van der Waals surface area contributed by atoms with Crippen molar-refractivity contribution < 1.29 is 9.53 Å². The zero-order valence-corrected chi connectivity index (χ0v) is 28.5. The van der Waals surface area contributed by atoms with E-state index in [9.17, 15) is 4.79 Å². The Morgan fingerprint density at radius 1 is 0.955 bits per heavy atom. The lowest BCUT2D eigenvalue weighted by molar-refractivity contribution is -0.144. The molecule has 7 heteroatoms. The highest BCUT2D eigenvalue weighted by molar-refractivity contribution is 7.16. The van der Waals surface area contributed by atoms with Gasteiger partial charge in [0.25, 0.3) is 0 Å². The Morgan fingerprint density at radius 3 is 2.25 bits per heavy atom. The summed E-state index contributed by atoms with van der Waals surface area (Å²) in [6, 6.07) is 10.4. The molecule has 6 nitrogen and oxygen atoms in total. The molecule has 0 aliphatic carbocycles. The number of esters is 1. The molecule has 44 heavy (non-hydrogen) atoms. The van der Waals surface area contributed by atoms with Crippen LogP contribution < -0.4 is 10.6 Å². The molecule has 0 saturated heterocycles. The third-order valence-corrected chi connectivity index (χ3v) is 9.22. The molecule has 0 bridgehead atoms. The van der Waals surface area contributed by atoms with Gasteiger partial charge in [0.15, 0.2) is 0 Å². The Balaban J connectivity index is 1.27. The van der Waals surface area contributed by atoms with E-state index in [0.717, 1.165) is 60.1 Å². The number of thiophene rings is 1. The van der Waals surface area contributed by atoms with Gasteiger partial charge in [-0.05, 0) is 38.0 Å². The monoisotopic (exact) mass is 622 g/mol. The van der Waals surface area contributed by atoms with Crippen molar-refractivity contribution in [2.75, 3.05) is 31.7 Å². The lowest BCUT2D eigenvalue weighted by Gasteiger charge is -2.26. The number of para-hydroxylation sites is 2. The molecule has 0 amide bonds. The van der Waals surface area contributed by atoms with Crippen molar-refractivity contribution in [3.05, 3.63) is 53.4 Å². The van der Waals surface area contributed by atoms with Gasteiger partial charge in [-0.2, -0.15) is 0 Å². The molecule has 0 atom stereocenters. The summed E-state index contributed by atoms with van der Waals surface area (Å²) in [6.45, 7) is 10.8. The first kappa shape index (κ1) is 35.8. The van der Waals surface area contributed by atoms with Crippen LogP contribution in [-0.4, -0.2) is 43.1 Å². The molecule has 1 aromatic heterocycles. The van der Waals surface area contributed by atoms with Crippen molar-refractivity contribution in [3.63, 3.8) is 0 Å². The lowest BCUT2D eigenvalue weighted by Crippen LogP contribution is -2.38. The predicted molar refractivity (Wildman–Crippen MR) is 190 cm³/mol. The van der Waals surface area contributed by atoms with Crippen LogP contribution in [0.2, 0.25) is 0 Å². The van der Waals surface area contributed by atoms with Crippen LogP contribution in [0.4, 0.5) is 16.4 Å². The quantitative estimate of drug-likeness (QED) is 0.0528. The number of fused-ring (bicyclic) bond motifs is 2. The SMILES string of the molecule is C=CCCN(CCNCOC(=O)CCCCCCCCCCCCCCCCC)C1=Nc2ccccc2Nc2sc(C)cc21. The van der Waals surface area contributed by atoms with E-state index < -0.39 is 0 Å². The number of nitrogens with zero attached hydrogens (tertiary/aromatic N) is 2. The van der Waals surface area contributed by atoms with Crippen LogP contribution in [-0.2, 0) is 9.53 Å². The normalized spacial score (nSPS) is 12.1. The van der Waals surface area contributed by atoms with Crippen LogP contribution in [0.5, 0.6) is 0 Å². The maximum absolute atomic E-state index is 12.2. The number of aliphatic imine (C=N–C) groups is 1. The lowest BCUT2D eigenvalue weighted by atomic mass is 10.0. The number of ether oxygens (including phenoxy) is 1. The number of rotatable bonds is 24. The number of unbranched alkanes of at least 4 members (excludes halogenated alkanes) is 14. The Kier molecular flexibility index (Phi) is 17.9. The largest absolute Gasteiger partial charge is 0.450 e. The highest BCUT2D eigenvalue weighted by Crippen LogP contribution is 2.39. The van der Waals surface area contributed by atoms with Gasteiger partial charge in [0, 0.05) is 30.9 Å². The van der Waals surface area contributed by atoms with Crippen LogP contribution in [0.15, 0.2) is 48.0 Å². The van der Waals surface area contributed by atoms with Crippen molar-refractivity contribution in [3.8, 4) is 0 Å². The van der Waals surface area contributed by atoms with E-state index in [1.54, 1.807) is 11.3 Å². The maximum atomic E-state index is 12.2. The molecule has 0 unspecified atom stereocenters. The fourth-order valence-corrected chi connectivity index (χ4v) is 6.61. The second kappa shape index (κ2) is 22.0. The second-order valence-corrected chi connectivity index (χ2v) is 13.4. The topological polar surface area (TPSA) is 66.0 Å². The molecule has 0 spiro atoms. The number of carbonyl (C=O) groups is 1. The average Bonchev–Trinajstić information content (AvgIpc) is 3.31. The zero-order valence-electron chi connectivity index (χ0n) is 27.6. The molecule has 3 rings (SSSR count). The Morgan fingerprint density at radius 2 is 1.59 bits per heavy atom. The number of hydrogen-bond acceptors (Lipinski definition) is 7. The number of nitrogens with one attached hydrogen (secondary N) is 2. The molecule has 244 valence electrons. The molecular weight excluding hydrogens is 565 g/mol. The number of amidine groups is 1. The number of hydrogen-bond donors (Lipinski definition) is 2. The van der Waals surface area contributed by atoms with Crippen molar-refractivity contribution >= 4 is 39.5 Å². The van der Waals surface area contributed by atoms with Gasteiger partial charge in [-0.15, -0.1) is 17.9 Å². The van der Waals surface area contributed by atoms with E-state index in [4.69, 9.17) is 9.73 Å². The van der Waals surface area contributed by atoms with Crippen LogP contribution in [0.25, 0.3) is 0 Å². The fraction of sp³-hybridized carbons (Fsp3) is 0.622. The summed E-state index contributed by atoms with van der Waals surface area (Å²) in [5.74, 6) is 0.862. The summed E-state index contributed by atoms with van der Waals surface area (Å²) >= 11 is 1.75. The van der Waals surface area contributed by atoms with E-state index in [-0.39, 0.29) is 12.7 Å². The standard InChI is InChI=1S/C37H58N4O2S/c1-4-6-8-9-10-11-12-13-14-15-16-17-18-19-20-25-35(42)43-30-38-26-28-41(27-7-5-2)36-32-29-31(3)44-37(32)40-34-24-22-21-23-33(34)39-36/h5,21-24,29,38,40H,2,4,6-20,25-28,30H2,1,3H3. The van der Waals surface area contributed by atoms with E-state index in [1.807, 2.05) is 24.3 Å². The smallest absolute Gasteiger partial charge is 0.307 e. The Hall–Kier alpha value is -2.64. The molecular formula is C37H58N4O2S. The number of benzene rings is 1. The van der Waals surface area contributed by atoms with Gasteiger partial charge in [-0.25, -0.2) is 4.99 Å². The van der Waals surface area contributed by atoms with Crippen LogP contribution in [0, 0.1) is 6.92 Å². The van der Waals surface area contributed by atoms with Crippen molar-refractivity contribution in [1.82, 2.24) is 10.2 Å². The summed E-state index contributed by atoms with van der Waals surface area (Å²) in [5, 5.41) is 8.01. The summed E-state index contributed by atoms with van der Waals surface area (Å²) < 4.78 is 5.47. The van der Waals surface area contributed by atoms with E-state index in [1.165, 1.54) is 88.3 Å². The predicted octanol–water partition coefficient (Wildman–Crippen LogP) is 10.4. The van der Waals surface area contributed by atoms with Gasteiger partial charge in [0.1, 0.15) is 17.6 Å². The average molecular weight is 623 g/mol. The van der Waals surface area contributed by atoms with E-state index in [0.29, 0.717) is 13.0 Å². The molecule has 1 aliphatic rings. The molecule has 0 fully saturated rings.